The zero-order valence-corrected chi connectivity index (χ0v) is 19.3. The molecule has 3 aromatic carbocycles. The van der Waals surface area contributed by atoms with E-state index >= 15 is 0 Å². The second-order valence-corrected chi connectivity index (χ2v) is 8.01. The van der Waals surface area contributed by atoms with Crippen LogP contribution in [0, 0.1) is 6.92 Å². The van der Waals surface area contributed by atoms with Crippen molar-refractivity contribution in [3.63, 3.8) is 0 Å². The molecule has 0 aliphatic heterocycles. The molecular formula is C25H19Cl2N3O3. The number of halogens is 2. The fourth-order valence-electron chi connectivity index (χ4n) is 3.46. The highest BCUT2D eigenvalue weighted by molar-refractivity contribution is 6.37. The van der Waals surface area contributed by atoms with Gasteiger partial charge in [-0.25, -0.2) is 4.68 Å². The first kappa shape index (κ1) is 22.6. The number of carbonyl (C=O) groups excluding carboxylic acids is 1. The van der Waals surface area contributed by atoms with E-state index in [4.69, 9.17) is 27.9 Å². The van der Waals surface area contributed by atoms with E-state index in [1.165, 1.54) is 23.9 Å². The Morgan fingerprint density at radius 1 is 1.00 bits per heavy atom. The van der Waals surface area contributed by atoms with Crippen LogP contribution in [0.5, 0.6) is 5.75 Å². The quantitative estimate of drug-likeness (QED) is 0.393. The van der Waals surface area contributed by atoms with Crippen molar-refractivity contribution in [3.05, 3.63) is 104 Å². The maximum absolute atomic E-state index is 13.3. The molecule has 6 nitrogen and oxygen atoms in total. The summed E-state index contributed by atoms with van der Waals surface area (Å²) in [6.45, 7) is 1.63. The van der Waals surface area contributed by atoms with E-state index in [1.807, 2.05) is 30.3 Å². The molecule has 0 bridgehead atoms. The van der Waals surface area contributed by atoms with Gasteiger partial charge in [0.05, 0.1) is 28.9 Å². The highest BCUT2D eigenvalue weighted by atomic mass is 35.5. The third kappa shape index (κ3) is 4.49. The Balaban J connectivity index is 1.99. The summed E-state index contributed by atoms with van der Waals surface area (Å²) in [5.41, 5.74) is 1.58. The second-order valence-electron chi connectivity index (χ2n) is 7.16. The van der Waals surface area contributed by atoms with Crippen LogP contribution in [0.15, 0.2) is 77.6 Å². The first-order valence-electron chi connectivity index (χ1n) is 10.00. The monoisotopic (exact) mass is 479 g/mol. The molecule has 0 fully saturated rings. The Kier molecular flexibility index (Phi) is 6.49. The number of hydrogen-bond acceptors (Lipinski definition) is 4. The van der Waals surface area contributed by atoms with E-state index in [9.17, 15) is 9.59 Å². The largest absolute Gasteiger partial charge is 0.496 e. The number of aromatic nitrogens is 2. The molecule has 1 N–H and O–H groups in total. The zero-order valence-electron chi connectivity index (χ0n) is 17.8. The first-order chi connectivity index (χ1) is 15.9. The van der Waals surface area contributed by atoms with Crippen molar-refractivity contribution in [2.24, 2.45) is 0 Å². The van der Waals surface area contributed by atoms with E-state index in [1.54, 1.807) is 37.3 Å². The van der Waals surface area contributed by atoms with Crippen LogP contribution in [-0.2, 0) is 0 Å². The molecule has 0 aliphatic carbocycles. The van der Waals surface area contributed by atoms with Gasteiger partial charge in [0.2, 0.25) is 5.43 Å². The van der Waals surface area contributed by atoms with E-state index in [2.05, 4.69) is 10.4 Å². The standard InChI is InChI=1S/C25H19Cl2N3O3/c1-15-23(31)22(19-10-6-7-11-21(19)33-2)24(30(29-15)17-8-4-3-5-9-17)28-25(32)18-13-12-16(26)14-20(18)27/h3-14H,1-2H3,(H,28,32). The van der Waals surface area contributed by atoms with Crippen LogP contribution in [0.3, 0.4) is 0 Å². The lowest BCUT2D eigenvalue weighted by molar-refractivity contribution is 0.102. The Hall–Kier alpha value is -3.61. The number of para-hydroxylation sites is 2. The molecule has 0 radical (unpaired) electrons. The van der Waals surface area contributed by atoms with Crippen molar-refractivity contribution in [3.8, 4) is 22.6 Å². The summed E-state index contributed by atoms with van der Waals surface area (Å²) < 4.78 is 7.03. The third-order valence-electron chi connectivity index (χ3n) is 5.04. The molecule has 4 aromatic rings. The van der Waals surface area contributed by atoms with Crippen LogP contribution in [0.2, 0.25) is 10.0 Å². The van der Waals surface area contributed by atoms with E-state index in [0.29, 0.717) is 22.0 Å². The van der Waals surface area contributed by atoms with Gasteiger partial charge in [0, 0.05) is 10.6 Å². The smallest absolute Gasteiger partial charge is 0.258 e. The summed E-state index contributed by atoms with van der Waals surface area (Å²) in [6.07, 6.45) is 0. The Morgan fingerprint density at radius 2 is 1.70 bits per heavy atom. The molecule has 8 heteroatoms. The summed E-state index contributed by atoms with van der Waals surface area (Å²) in [4.78, 5) is 26.6. The fourth-order valence-corrected chi connectivity index (χ4v) is 3.96. The van der Waals surface area contributed by atoms with Crippen LogP contribution >= 0.6 is 23.2 Å². The number of nitrogens with one attached hydrogen (secondary N) is 1. The number of methoxy groups -OCH3 is 1. The number of rotatable bonds is 5. The number of amides is 1. The summed E-state index contributed by atoms with van der Waals surface area (Å²) in [7, 11) is 1.52. The molecule has 0 spiro atoms. The topological polar surface area (TPSA) is 73.2 Å². The predicted octanol–water partition coefficient (Wildman–Crippen LogP) is 5.78. The van der Waals surface area contributed by atoms with Gasteiger partial charge in [0.1, 0.15) is 17.3 Å². The van der Waals surface area contributed by atoms with Crippen LogP contribution < -0.4 is 15.5 Å². The van der Waals surface area contributed by atoms with E-state index in [0.717, 1.165) is 0 Å². The summed E-state index contributed by atoms with van der Waals surface area (Å²) in [5, 5.41) is 7.91. The lowest BCUT2D eigenvalue weighted by atomic mass is 10.0. The van der Waals surface area contributed by atoms with Crippen molar-refractivity contribution < 1.29 is 9.53 Å². The third-order valence-corrected chi connectivity index (χ3v) is 5.59. The van der Waals surface area contributed by atoms with E-state index in [-0.39, 0.29) is 33.1 Å². The van der Waals surface area contributed by atoms with Crippen LogP contribution in [0.4, 0.5) is 5.82 Å². The fraction of sp³-hybridized carbons (Fsp3) is 0.0800. The van der Waals surface area contributed by atoms with Gasteiger partial charge in [-0.3, -0.25) is 9.59 Å². The van der Waals surface area contributed by atoms with Gasteiger partial charge in [0.15, 0.2) is 0 Å². The Bertz CT molecular complexity index is 1400. The van der Waals surface area contributed by atoms with Crippen LogP contribution in [0.1, 0.15) is 16.1 Å². The SMILES string of the molecule is COc1ccccc1-c1c(NC(=O)c2ccc(Cl)cc2Cl)n(-c2ccccc2)nc(C)c1=O. The lowest BCUT2D eigenvalue weighted by Crippen LogP contribution is -2.25. The first-order valence-corrected chi connectivity index (χ1v) is 10.8. The van der Waals surface area contributed by atoms with Gasteiger partial charge in [-0.1, -0.05) is 59.6 Å². The number of benzene rings is 3. The maximum atomic E-state index is 13.3. The highest BCUT2D eigenvalue weighted by Gasteiger charge is 2.23. The van der Waals surface area contributed by atoms with Gasteiger partial charge in [-0.05, 0) is 43.3 Å². The summed E-state index contributed by atoms with van der Waals surface area (Å²) >= 11 is 12.2. The minimum atomic E-state index is -0.512. The van der Waals surface area contributed by atoms with Crippen LogP contribution in [-0.4, -0.2) is 22.8 Å². The molecule has 1 amide bonds. The molecule has 1 heterocycles. The molecule has 0 aliphatic rings. The van der Waals surface area contributed by atoms with Gasteiger partial charge in [-0.15, -0.1) is 0 Å². The van der Waals surface area contributed by atoms with Gasteiger partial charge in [-0.2, -0.15) is 5.10 Å². The second kappa shape index (κ2) is 9.48. The minimum absolute atomic E-state index is 0.188. The molecule has 166 valence electrons. The van der Waals surface area contributed by atoms with Crippen molar-refractivity contribution in [2.45, 2.75) is 6.92 Å². The molecule has 0 unspecified atom stereocenters. The average Bonchev–Trinajstić information content (AvgIpc) is 2.82. The van der Waals surface area contributed by atoms with Gasteiger partial charge in [0.25, 0.3) is 5.91 Å². The number of anilines is 1. The number of carbonyl (C=O) groups is 1. The molecule has 0 saturated carbocycles. The zero-order chi connectivity index (χ0) is 23.5. The average molecular weight is 480 g/mol. The normalized spacial score (nSPS) is 10.7. The summed E-state index contributed by atoms with van der Waals surface area (Å²) in [6, 6.07) is 20.9. The number of aryl methyl sites for hydroxylation is 1. The van der Waals surface area contributed by atoms with Crippen molar-refractivity contribution in [2.75, 3.05) is 12.4 Å². The van der Waals surface area contributed by atoms with E-state index < -0.39 is 5.91 Å². The Morgan fingerprint density at radius 3 is 2.39 bits per heavy atom. The highest BCUT2D eigenvalue weighted by Crippen LogP contribution is 2.34. The molecule has 4 rings (SSSR count). The maximum Gasteiger partial charge on any atom is 0.258 e. The predicted molar refractivity (Wildman–Crippen MR) is 131 cm³/mol. The van der Waals surface area contributed by atoms with Gasteiger partial charge < -0.3 is 10.1 Å². The van der Waals surface area contributed by atoms with Crippen molar-refractivity contribution in [1.82, 2.24) is 9.78 Å². The van der Waals surface area contributed by atoms with Crippen molar-refractivity contribution in [1.29, 1.82) is 0 Å². The molecule has 1 aromatic heterocycles. The van der Waals surface area contributed by atoms with Crippen LogP contribution in [0.25, 0.3) is 16.8 Å². The summed E-state index contributed by atoms with van der Waals surface area (Å²) in [5.74, 6) is 0.166. The molecule has 33 heavy (non-hydrogen) atoms. The Labute approximate surface area is 200 Å². The molecular weight excluding hydrogens is 461 g/mol. The minimum Gasteiger partial charge on any atom is -0.496 e. The van der Waals surface area contributed by atoms with Crippen molar-refractivity contribution >= 4 is 34.9 Å². The molecule has 0 saturated heterocycles. The number of hydrogen-bond donors (Lipinski definition) is 1. The molecule has 0 atom stereocenters. The lowest BCUT2D eigenvalue weighted by Gasteiger charge is -2.19. The van der Waals surface area contributed by atoms with Gasteiger partial charge >= 0.3 is 0 Å². The number of ether oxygens (including phenoxy) is 1. The number of nitrogens with zero attached hydrogens (tertiary/aromatic N) is 2.